The Labute approximate surface area is 174 Å². The van der Waals surface area contributed by atoms with Gasteiger partial charge in [0.2, 0.25) is 11.8 Å². The van der Waals surface area contributed by atoms with Crippen molar-refractivity contribution in [2.75, 3.05) is 12.0 Å². The quantitative estimate of drug-likeness (QED) is 0.543. The Kier molecular flexibility index (Phi) is 5.35. The lowest BCUT2D eigenvalue weighted by Gasteiger charge is -2.27. The third-order valence-electron chi connectivity index (χ3n) is 5.43. The molecule has 0 N–H and O–H groups in total. The second-order valence-corrected chi connectivity index (χ2v) is 7.52. The molecule has 2 fully saturated rings. The highest BCUT2D eigenvalue weighted by atomic mass is 16.5. The highest BCUT2D eigenvalue weighted by molar-refractivity contribution is 6.23. The zero-order valence-electron chi connectivity index (χ0n) is 16.6. The van der Waals surface area contributed by atoms with Gasteiger partial charge in [0.15, 0.2) is 0 Å². The summed E-state index contributed by atoms with van der Waals surface area (Å²) in [5.41, 5.74) is 1.58. The molecule has 0 bridgehead atoms. The van der Waals surface area contributed by atoms with E-state index in [1.807, 2.05) is 30.3 Å². The SMILES string of the molecule is COC(=O)c1ccc(N2C(=O)CC(N(C(=O)Cc3ccccc3)C3CC3)C2=O)cc1. The minimum atomic E-state index is -0.790. The van der Waals surface area contributed by atoms with Crippen molar-refractivity contribution in [1.82, 2.24) is 4.90 Å². The van der Waals surface area contributed by atoms with E-state index in [0.717, 1.165) is 23.3 Å². The number of anilines is 1. The topological polar surface area (TPSA) is 84.0 Å². The maximum absolute atomic E-state index is 13.1. The first-order valence-corrected chi connectivity index (χ1v) is 9.90. The van der Waals surface area contributed by atoms with Gasteiger partial charge in [0.25, 0.3) is 5.91 Å². The summed E-state index contributed by atoms with van der Waals surface area (Å²) in [5, 5.41) is 0. The van der Waals surface area contributed by atoms with Crippen LogP contribution in [0.2, 0.25) is 0 Å². The molecule has 1 unspecified atom stereocenters. The summed E-state index contributed by atoms with van der Waals surface area (Å²) in [6, 6.07) is 14.7. The lowest BCUT2D eigenvalue weighted by Crippen LogP contribution is -2.47. The maximum Gasteiger partial charge on any atom is 0.337 e. The fourth-order valence-corrected chi connectivity index (χ4v) is 3.82. The number of imide groups is 1. The molecular weight excluding hydrogens is 384 g/mol. The van der Waals surface area contributed by atoms with E-state index in [2.05, 4.69) is 4.74 Å². The van der Waals surface area contributed by atoms with Crippen molar-refractivity contribution in [2.24, 2.45) is 0 Å². The zero-order valence-corrected chi connectivity index (χ0v) is 16.6. The monoisotopic (exact) mass is 406 g/mol. The number of esters is 1. The molecule has 2 aromatic rings. The smallest absolute Gasteiger partial charge is 0.337 e. The lowest BCUT2D eigenvalue weighted by atomic mass is 10.1. The summed E-state index contributed by atoms with van der Waals surface area (Å²) in [4.78, 5) is 53.2. The number of rotatable bonds is 6. The molecule has 1 saturated heterocycles. The third kappa shape index (κ3) is 3.83. The van der Waals surface area contributed by atoms with Crippen LogP contribution >= 0.6 is 0 Å². The van der Waals surface area contributed by atoms with Gasteiger partial charge in [-0.1, -0.05) is 30.3 Å². The predicted octanol–water partition coefficient (Wildman–Crippen LogP) is 2.34. The number of methoxy groups -OCH3 is 1. The third-order valence-corrected chi connectivity index (χ3v) is 5.43. The van der Waals surface area contributed by atoms with Crippen molar-refractivity contribution >= 4 is 29.4 Å². The van der Waals surface area contributed by atoms with Crippen molar-refractivity contribution in [3.05, 3.63) is 65.7 Å². The second kappa shape index (κ2) is 8.10. The van der Waals surface area contributed by atoms with Crippen LogP contribution in [0.5, 0.6) is 0 Å². The Morgan fingerprint density at radius 1 is 1.03 bits per heavy atom. The number of amides is 3. The van der Waals surface area contributed by atoms with Gasteiger partial charge in [0.1, 0.15) is 6.04 Å². The first-order valence-electron chi connectivity index (χ1n) is 9.90. The number of benzene rings is 2. The molecule has 154 valence electrons. The first-order chi connectivity index (χ1) is 14.5. The minimum absolute atomic E-state index is 0.00427. The maximum atomic E-state index is 13.1. The molecule has 1 atom stereocenters. The second-order valence-electron chi connectivity index (χ2n) is 7.52. The van der Waals surface area contributed by atoms with E-state index in [0.29, 0.717) is 11.3 Å². The molecule has 1 aliphatic carbocycles. The molecule has 4 rings (SSSR count). The van der Waals surface area contributed by atoms with Crippen LogP contribution in [0.25, 0.3) is 0 Å². The minimum Gasteiger partial charge on any atom is -0.465 e. The Morgan fingerprint density at radius 2 is 1.70 bits per heavy atom. The average molecular weight is 406 g/mol. The van der Waals surface area contributed by atoms with E-state index < -0.39 is 17.9 Å². The van der Waals surface area contributed by atoms with Gasteiger partial charge in [-0.25, -0.2) is 9.69 Å². The van der Waals surface area contributed by atoms with Gasteiger partial charge in [-0.3, -0.25) is 14.4 Å². The van der Waals surface area contributed by atoms with Crippen LogP contribution in [0.3, 0.4) is 0 Å². The molecule has 2 aliphatic rings. The van der Waals surface area contributed by atoms with Crippen LogP contribution in [-0.4, -0.2) is 47.8 Å². The van der Waals surface area contributed by atoms with E-state index in [9.17, 15) is 19.2 Å². The summed E-state index contributed by atoms with van der Waals surface area (Å²) in [7, 11) is 1.29. The molecular formula is C23H22N2O5. The highest BCUT2D eigenvalue weighted by Gasteiger charge is 2.48. The van der Waals surface area contributed by atoms with E-state index in [4.69, 9.17) is 0 Å². The summed E-state index contributed by atoms with van der Waals surface area (Å²) in [6.45, 7) is 0. The molecule has 7 heteroatoms. The summed E-state index contributed by atoms with van der Waals surface area (Å²) in [6.07, 6.45) is 1.84. The molecule has 2 aromatic carbocycles. The van der Waals surface area contributed by atoms with Crippen molar-refractivity contribution in [1.29, 1.82) is 0 Å². The van der Waals surface area contributed by atoms with Crippen LogP contribution < -0.4 is 4.90 Å². The summed E-state index contributed by atoms with van der Waals surface area (Å²) < 4.78 is 4.67. The van der Waals surface area contributed by atoms with Crippen LogP contribution in [0.1, 0.15) is 35.2 Å². The van der Waals surface area contributed by atoms with Gasteiger partial charge in [0, 0.05) is 6.04 Å². The number of ether oxygens (including phenoxy) is 1. The highest BCUT2D eigenvalue weighted by Crippen LogP contribution is 2.34. The van der Waals surface area contributed by atoms with Gasteiger partial charge >= 0.3 is 5.97 Å². The van der Waals surface area contributed by atoms with E-state index >= 15 is 0 Å². The number of nitrogens with zero attached hydrogens (tertiary/aromatic N) is 2. The lowest BCUT2D eigenvalue weighted by molar-refractivity contribution is -0.138. The predicted molar refractivity (Wildman–Crippen MR) is 109 cm³/mol. The molecule has 0 aromatic heterocycles. The van der Waals surface area contributed by atoms with E-state index in [-0.39, 0.29) is 30.7 Å². The molecule has 0 spiro atoms. The molecule has 1 saturated carbocycles. The summed E-state index contributed by atoms with van der Waals surface area (Å²) >= 11 is 0. The molecule has 0 radical (unpaired) electrons. The van der Waals surface area contributed by atoms with Crippen LogP contribution in [0.4, 0.5) is 5.69 Å². The Morgan fingerprint density at radius 3 is 2.30 bits per heavy atom. The molecule has 1 aliphatic heterocycles. The van der Waals surface area contributed by atoms with Gasteiger partial charge in [0.05, 0.1) is 31.2 Å². The van der Waals surface area contributed by atoms with Crippen molar-refractivity contribution in [3.63, 3.8) is 0 Å². The van der Waals surface area contributed by atoms with Gasteiger partial charge in [-0.15, -0.1) is 0 Å². The van der Waals surface area contributed by atoms with Gasteiger partial charge in [-0.05, 0) is 42.7 Å². The number of carbonyl (C=O) groups is 4. The Balaban J connectivity index is 1.54. The Hall–Kier alpha value is -3.48. The number of carbonyl (C=O) groups excluding carboxylic acids is 4. The average Bonchev–Trinajstić information content (AvgIpc) is 3.54. The Bertz CT molecular complexity index is 982. The molecule has 30 heavy (non-hydrogen) atoms. The number of hydrogen-bond donors (Lipinski definition) is 0. The fraction of sp³-hybridized carbons (Fsp3) is 0.304. The summed E-state index contributed by atoms with van der Waals surface area (Å²) in [5.74, 6) is -1.39. The normalized spacial score (nSPS) is 18.4. The van der Waals surface area contributed by atoms with Crippen molar-refractivity contribution in [3.8, 4) is 0 Å². The van der Waals surface area contributed by atoms with Crippen LogP contribution in [0.15, 0.2) is 54.6 Å². The standard InChI is InChI=1S/C23H22N2O5/c1-30-23(29)16-7-9-18(10-8-16)25-21(27)14-19(22(25)28)24(17-11-12-17)20(26)13-15-5-3-2-4-6-15/h2-10,17,19H,11-14H2,1H3. The number of hydrogen-bond acceptors (Lipinski definition) is 5. The fourth-order valence-electron chi connectivity index (χ4n) is 3.82. The zero-order chi connectivity index (χ0) is 21.3. The molecule has 7 nitrogen and oxygen atoms in total. The van der Waals surface area contributed by atoms with Crippen LogP contribution in [0, 0.1) is 0 Å². The van der Waals surface area contributed by atoms with Gasteiger partial charge in [-0.2, -0.15) is 0 Å². The van der Waals surface area contributed by atoms with Crippen LogP contribution in [-0.2, 0) is 25.5 Å². The first kappa shape index (κ1) is 19.8. The van der Waals surface area contributed by atoms with Crippen molar-refractivity contribution < 1.29 is 23.9 Å². The largest absolute Gasteiger partial charge is 0.465 e. The van der Waals surface area contributed by atoms with Gasteiger partial charge < -0.3 is 9.64 Å². The molecule has 1 heterocycles. The molecule has 3 amide bonds. The van der Waals surface area contributed by atoms with Crippen molar-refractivity contribution in [2.45, 2.75) is 37.8 Å². The van der Waals surface area contributed by atoms with E-state index in [1.54, 1.807) is 4.90 Å². The van der Waals surface area contributed by atoms with E-state index in [1.165, 1.54) is 31.4 Å².